The molecule has 0 atom stereocenters. The zero-order chi connectivity index (χ0) is 18.1. The van der Waals surface area contributed by atoms with Crippen LogP contribution >= 0.6 is 0 Å². The van der Waals surface area contributed by atoms with E-state index in [1.54, 1.807) is 28.9 Å². The zero-order valence-electron chi connectivity index (χ0n) is 13.2. The second-order valence-corrected chi connectivity index (χ2v) is 5.35. The van der Waals surface area contributed by atoms with Gasteiger partial charge in [0.1, 0.15) is 11.4 Å². The third kappa shape index (κ3) is 3.04. The number of halogens is 2. The summed E-state index contributed by atoms with van der Waals surface area (Å²) in [7, 11) is 0. The SMILES string of the molecule is Nc1nc(-c2ccco2)c2nnn(Cc3ccc(OC(F)F)cc3)c2n1. The fraction of sp³-hybridized carbons (Fsp3) is 0.125. The number of anilines is 1. The minimum atomic E-state index is -2.86. The van der Waals surface area contributed by atoms with E-state index < -0.39 is 6.61 Å². The Morgan fingerprint density at radius 2 is 1.96 bits per heavy atom. The van der Waals surface area contributed by atoms with E-state index >= 15 is 0 Å². The summed E-state index contributed by atoms with van der Waals surface area (Å²) in [5.41, 5.74) is 7.94. The predicted octanol–water partition coefficient (Wildman–Crippen LogP) is 2.71. The molecule has 3 heterocycles. The number of hydrogen-bond acceptors (Lipinski definition) is 7. The number of nitrogens with zero attached hydrogens (tertiary/aromatic N) is 5. The molecule has 0 fully saturated rings. The molecule has 0 aliphatic carbocycles. The van der Waals surface area contributed by atoms with Crippen LogP contribution in [0.2, 0.25) is 0 Å². The second-order valence-electron chi connectivity index (χ2n) is 5.35. The summed E-state index contributed by atoms with van der Waals surface area (Å²) >= 11 is 0. The Morgan fingerprint density at radius 3 is 2.65 bits per heavy atom. The van der Waals surface area contributed by atoms with E-state index in [-0.39, 0.29) is 11.7 Å². The third-order valence-corrected chi connectivity index (χ3v) is 3.62. The molecule has 0 bridgehead atoms. The summed E-state index contributed by atoms with van der Waals surface area (Å²) in [5, 5.41) is 8.21. The van der Waals surface area contributed by atoms with Crippen molar-refractivity contribution in [3.05, 3.63) is 48.2 Å². The van der Waals surface area contributed by atoms with Crippen LogP contribution in [-0.4, -0.2) is 31.6 Å². The molecule has 26 heavy (non-hydrogen) atoms. The normalized spacial score (nSPS) is 11.3. The van der Waals surface area contributed by atoms with Crippen molar-refractivity contribution in [1.82, 2.24) is 25.0 Å². The van der Waals surface area contributed by atoms with Gasteiger partial charge in [-0.1, -0.05) is 17.3 Å². The summed E-state index contributed by atoms with van der Waals surface area (Å²) < 4.78 is 35.7. The molecule has 0 saturated heterocycles. The van der Waals surface area contributed by atoms with Crippen LogP contribution in [0, 0.1) is 0 Å². The van der Waals surface area contributed by atoms with Gasteiger partial charge < -0.3 is 14.9 Å². The molecule has 0 aliphatic heterocycles. The molecule has 0 saturated carbocycles. The van der Waals surface area contributed by atoms with Gasteiger partial charge in [0.15, 0.2) is 16.9 Å². The summed E-state index contributed by atoms with van der Waals surface area (Å²) in [5.74, 6) is 0.650. The molecule has 1 aromatic carbocycles. The van der Waals surface area contributed by atoms with Gasteiger partial charge in [-0.15, -0.1) is 5.10 Å². The fourth-order valence-corrected chi connectivity index (χ4v) is 2.51. The molecule has 3 aromatic heterocycles. The van der Waals surface area contributed by atoms with Gasteiger partial charge in [0.2, 0.25) is 5.95 Å². The Balaban J connectivity index is 1.67. The highest BCUT2D eigenvalue weighted by Crippen LogP contribution is 2.25. The Hall–Kier alpha value is -3.56. The number of rotatable bonds is 5. The van der Waals surface area contributed by atoms with Crippen molar-refractivity contribution in [3.63, 3.8) is 0 Å². The van der Waals surface area contributed by atoms with Crippen LogP contribution < -0.4 is 10.5 Å². The summed E-state index contributed by atoms with van der Waals surface area (Å²) in [6.07, 6.45) is 1.52. The van der Waals surface area contributed by atoms with E-state index in [4.69, 9.17) is 10.2 Å². The number of nitrogen functional groups attached to an aromatic ring is 1. The van der Waals surface area contributed by atoms with Gasteiger partial charge in [-0.05, 0) is 29.8 Å². The highest BCUT2D eigenvalue weighted by Gasteiger charge is 2.17. The topological polar surface area (TPSA) is 105 Å². The largest absolute Gasteiger partial charge is 0.463 e. The first-order chi connectivity index (χ1) is 12.6. The van der Waals surface area contributed by atoms with E-state index in [9.17, 15) is 8.78 Å². The van der Waals surface area contributed by atoms with E-state index in [1.807, 2.05) is 0 Å². The van der Waals surface area contributed by atoms with Crippen LogP contribution in [0.5, 0.6) is 5.75 Å². The molecule has 4 aromatic rings. The van der Waals surface area contributed by atoms with Gasteiger partial charge in [0.05, 0.1) is 12.8 Å². The lowest BCUT2D eigenvalue weighted by Gasteiger charge is -2.06. The fourth-order valence-electron chi connectivity index (χ4n) is 2.51. The Kier molecular flexibility index (Phi) is 3.92. The maximum Gasteiger partial charge on any atom is 0.387 e. The van der Waals surface area contributed by atoms with Crippen LogP contribution in [0.15, 0.2) is 47.1 Å². The van der Waals surface area contributed by atoms with E-state index in [0.29, 0.717) is 29.2 Å². The molecule has 0 aliphatic rings. The third-order valence-electron chi connectivity index (χ3n) is 3.62. The van der Waals surface area contributed by atoms with Crippen LogP contribution in [0.1, 0.15) is 5.56 Å². The molecule has 132 valence electrons. The molecule has 2 N–H and O–H groups in total. The standard InChI is InChI=1S/C16H12F2N6O2/c17-15(18)26-10-5-3-9(4-6-10)8-24-14-13(22-23-24)12(20-16(19)21-14)11-2-1-7-25-11/h1-7,15H,8H2,(H2,19,20,21). The summed E-state index contributed by atoms with van der Waals surface area (Å²) in [6, 6.07) is 9.69. The molecular formula is C16H12F2N6O2. The number of fused-ring (bicyclic) bond motifs is 1. The van der Waals surface area contributed by atoms with Crippen molar-refractivity contribution < 1.29 is 17.9 Å². The lowest BCUT2D eigenvalue weighted by Crippen LogP contribution is -2.05. The number of aromatic nitrogens is 5. The van der Waals surface area contributed by atoms with E-state index in [1.165, 1.54) is 18.4 Å². The lowest BCUT2D eigenvalue weighted by molar-refractivity contribution is -0.0498. The Bertz CT molecular complexity index is 1030. The first-order valence-corrected chi connectivity index (χ1v) is 7.54. The maximum absolute atomic E-state index is 12.2. The van der Waals surface area contributed by atoms with E-state index in [0.717, 1.165) is 5.56 Å². The first kappa shape index (κ1) is 15.9. The highest BCUT2D eigenvalue weighted by atomic mass is 19.3. The minimum absolute atomic E-state index is 0.0631. The lowest BCUT2D eigenvalue weighted by atomic mass is 10.2. The smallest absolute Gasteiger partial charge is 0.387 e. The Morgan fingerprint density at radius 1 is 1.15 bits per heavy atom. The molecular weight excluding hydrogens is 346 g/mol. The first-order valence-electron chi connectivity index (χ1n) is 7.54. The van der Waals surface area contributed by atoms with Crippen LogP contribution in [0.3, 0.4) is 0 Å². The van der Waals surface area contributed by atoms with Crippen molar-refractivity contribution in [2.75, 3.05) is 5.73 Å². The van der Waals surface area contributed by atoms with Crippen molar-refractivity contribution in [2.45, 2.75) is 13.2 Å². The molecule has 0 amide bonds. The molecule has 8 nitrogen and oxygen atoms in total. The van der Waals surface area contributed by atoms with Crippen molar-refractivity contribution in [1.29, 1.82) is 0 Å². The number of ether oxygens (including phenoxy) is 1. The molecule has 0 radical (unpaired) electrons. The van der Waals surface area contributed by atoms with Gasteiger partial charge in [0, 0.05) is 0 Å². The molecule has 10 heteroatoms. The average molecular weight is 358 g/mol. The minimum Gasteiger partial charge on any atom is -0.463 e. The number of nitrogens with two attached hydrogens (primary N) is 1. The molecule has 4 rings (SSSR count). The molecule has 0 spiro atoms. The summed E-state index contributed by atoms with van der Waals surface area (Å²) in [4.78, 5) is 8.37. The van der Waals surface area contributed by atoms with Crippen molar-refractivity contribution in [3.8, 4) is 17.2 Å². The van der Waals surface area contributed by atoms with Crippen molar-refractivity contribution >= 4 is 17.1 Å². The predicted molar refractivity (Wildman–Crippen MR) is 87.4 cm³/mol. The van der Waals surface area contributed by atoms with Crippen LogP contribution in [-0.2, 0) is 6.54 Å². The van der Waals surface area contributed by atoms with Crippen LogP contribution in [0.4, 0.5) is 14.7 Å². The highest BCUT2D eigenvalue weighted by molar-refractivity contribution is 5.85. The Labute approximate surface area is 145 Å². The number of benzene rings is 1. The van der Waals surface area contributed by atoms with Gasteiger partial charge in [-0.3, -0.25) is 0 Å². The zero-order valence-corrected chi connectivity index (χ0v) is 13.2. The van der Waals surface area contributed by atoms with Crippen molar-refractivity contribution in [2.24, 2.45) is 0 Å². The van der Waals surface area contributed by atoms with Gasteiger partial charge >= 0.3 is 6.61 Å². The quantitative estimate of drug-likeness (QED) is 0.585. The number of hydrogen-bond donors (Lipinski definition) is 1. The number of alkyl halides is 2. The second kappa shape index (κ2) is 6.39. The van der Waals surface area contributed by atoms with E-state index in [2.05, 4.69) is 25.0 Å². The molecule has 0 unspecified atom stereocenters. The van der Waals surface area contributed by atoms with Gasteiger partial charge in [-0.2, -0.15) is 13.8 Å². The van der Waals surface area contributed by atoms with Crippen LogP contribution in [0.25, 0.3) is 22.6 Å². The maximum atomic E-state index is 12.2. The number of furan rings is 1. The summed E-state index contributed by atoms with van der Waals surface area (Å²) in [6.45, 7) is -2.54. The average Bonchev–Trinajstić information content (AvgIpc) is 3.26. The monoisotopic (exact) mass is 358 g/mol. The van der Waals surface area contributed by atoms with Gasteiger partial charge in [0.25, 0.3) is 0 Å². The van der Waals surface area contributed by atoms with Gasteiger partial charge in [-0.25, -0.2) is 9.67 Å².